The zero-order chi connectivity index (χ0) is 29.5. The van der Waals surface area contributed by atoms with Gasteiger partial charge in [-0.2, -0.15) is 0 Å². The van der Waals surface area contributed by atoms with Crippen molar-refractivity contribution in [3.63, 3.8) is 0 Å². The Bertz CT molecular complexity index is 1500. The van der Waals surface area contributed by atoms with E-state index in [9.17, 15) is 19.2 Å². The molecule has 0 saturated heterocycles. The minimum atomic E-state index is -0.948. The Hall–Kier alpha value is -4.14. The van der Waals surface area contributed by atoms with E-state index in [0.717, 1.165) is 28.7 Å². The number of anilines is 1. The first-order chi connectivity index (χ1) is 19.7. The van der Waals surface area contributed by atoms with Crippen LogP contribution in [0, 0.1) is 0 Å². The summed E-state index contributed by atoms with van der Waals surface area (Å²) in [6, 6.07) is 16.0. The highest BCUT2D eigenvalue weighted by atomic mass is 35.5. The summed E-state index contributed by atoms with van der Waals surface area (Å²) in [5.74, 6) is -1.92. The average Bonchev–Trinajstić information content (AvgIpc) is 2.96. The van der Waals surface area contributed by atoms with Crippen molar-refractivity contribution in [2.45, 2.75) is 31.7 Å². The van der Waals surface area contributed by atoms with E-state index in [4.69, 9.17) is 32.7 Å². The molecule has 1 atom stereocenters. The van der Waals surface area contributed by atoms with Gasteiger partial charge in [0, 0.05) is 18.2 Å². The number of hydrogen-bond donors (Lipinski definition) is 2. The maximum absolute atomic E-state index is 13.0. The van der Waals surface area contributed by atoms with Gasteiger partial charge in [-0.15, -0.1) is 0 Å². The Balaban J connectivity index is 1.46. The maximum Gasteiger partial charge on any atom is 0.338 e. The van der Waals surface area contributed by atoms with Gasteiger partial charge >= 0.3 is 11.9 Å². The van der Waals surface area contributed by atoms with Crippen LogP contribution in [0.1, 0.15) is 50.2 Å². The van der Waals surface area contributed by atoms with Crippen LogP contribution in [0.3, 0.4) is 0 Å². The van der Waals surface area contributed by atoms with Gasteiger partial charge in [-0.25, -0.2) is 9.59 Å². The predicted octanol–water partition coefficient (Wildman–Crippen LogP) is 5.65. The third-order valence-electron chi connectivity index (χ3n) is 6.75. The molecule has 4 rings (SSSR count). The minimum Gasteiger partial charge on any atom is -0.467 e. The van der Waals surface area contributed by atoms with Crippen molar-refractivity contribution in [1.29, 1.82) is 0 Å². The molecule has 212 valence electrons. The molecule has 10 heteroatoms. The monoisotopic (exact) mass is 594 g/mol. The van der Waals surface area contributed by atoms with E-state index >= 15 is 0 Å². The van der Waals surface area contributed by atoms with Gasteiger partial charge in [0.05, 0.1) is 35.4 Å². The Labute approximate surface area is 247 Å². The summed E-state index contributed by atoms with van der Waals surface area (Å²) in [5.41, 5.74) is 4.32. The first kappa shape index (κ1) is 29.8. The molecular weight excluding hydrogens is 567 g/mol. The third kappa shape index (κ3) is 7.14. The number of carbonyl (C=O) groups is 4. The number of fused-ring (bicyclic) bond motifs is 1. The van der Waals surface area contributed by atoms with Gasteiger partial charge in [-0.1, -0.05) is 53.5 Å². The zero-order valence-electron chi connectivity index (χ0n) is 22.5. The lowest BCUT2D eigenvalue weighted by Crippen LogP contribution is -2.42. The summed E-state index contributed by atoms with van der Waals surface area (Å²) >= 11 is 12.2. The van der Waals surface area contributed by atoms with Crippen LogP contribution in [-0.4, -0.2) is 44.0 Å². The Morgan fingerprint density at radius 2 is 1.59 bits per heavy atom. The van der Waals surface area contributed by atoms with E-state index in [1.54, 1.807) is 54.6 Å². The number of hydrogen-bond acceptors (Lipinski definition) is 6. The number of benzene rings is 3. The molecule has 0 radical (unpaired) electrons. The lowest BCUT2D eigenvalue weighted by Gasteiger charge is -2.22. The second kappa shape index (κ2) is 13.5. The van der Waals surface area contributed by atoms with Gasteiger partial charge in [-0.05, 0) is 71.9 Å². The number of esters is 2. The fraction of sp³-hybridized carbons (Fsp3) is 0.226. The molecule has 3 aromatic carbocycles. The molecule has 0 saturated carbocycles. The number of ether oxygens (including phenoxy) is 2. The first-order valence-electron chi connectivity index (χ1n) is 12.9. The Morgan fingerprint density at radius 3 is 2.24 bits per heavy atom. The van der Waals surface area contributed by atoms with E-state index in [1.165, 1.54) is 20.3 Å². The normalized spacial score (nSPS) is 14.0. The fourth-order valence-corrected chi connectivity index (χ4v) is 5.34. The molecule has 3 aromatic rings. The van der Waals surface area contributed by atoms with Crippen molar-refractivity contribution in [3.05, 3.63) is 105 Å². The van der Waals surface area contributed by atoms with Crippen LogP contribution in [0.15, 0.2) is 66.7 Å². The van der Waals surface area contributed by atoms with Crippen molar-refractivity contribution < 1.29 is 28.7 Å². The van der Waals surface area contributed by atoms with Gasteiger partial charge in [0.2, 0.25) is 5.91 Å². The first-order valence-corrected chi connectivity index (χ1v) is 13.6. The van der Waals surface area contributed by atoms with E-state index in [1.807, 2.05) is 6.07 Å². The van der Waals surface area contributed by atoms with Gasteiger partial charge < -0.3 is 20.1 Å². The number of amides is 2. The second-order valence-corrected chi connectivity index (χ2v) is 10.2. The van der Waals surface area contributed by atoms with Gasteiger partial charge in [0.1, 0.15) is 6.04 Å². The van der Waals surface area contributed by atoms with Crippen LogP contribution < -0.4 is 10.6 Å². The topological polar surface area (TPSA) is 111 Å². The lowest BCUT2D eigenvalue weighted by atomic mass is 9.84. The van der Waals surface area contributed by atoms with Crippen molar-refractivity contribution in [3.8, 4) is 0 Å². The molecule has 0 bridgehead atoms. The summed E-state index contributed by atoms with van der Waals surface area (Å²) in [5, 5.41) is 5.96. The number of nitrogens with one attached hydrogen (secondary N) is 2. The number of rotatable bonds is 8. The lowest BCUT2D eigenvalue weighted by molar-refractivity contribution is -0.144. The summed E-state index contributed by atoms with van der Waals surface area (Å²) in [6.45, 7) is 0. The van der Waals surface area contributed by atoms with E-state index in [2.05, 4.69) is 10.6 Å². The molecule has 0 heterocycles. The van der Waals surface area contributed by atoms with E-state index in [0.29, 0.717) is 24.1 Å². The van der Waals surface area contributed by atoms with Crippen molar-refractivity contribution in [2.75, 3.05) is 19.5 Å². The standard InChI is InChI=1S/C31H28Cl2N2O6/c1-40-30(38)23-9-4-7-21-19(6-3-8-22(21)23)17-27(36)35-26(31(39)41-2)16-18-12-14-20(15-13-18)34-29(37)28-24(32)10-5-11-25(28)33/h4-5,7,9-15,17,26H,3,6,8,16H2,1-2H3,(H,34,37)(H,35,36)/b19-17-/t26-/m0/s1. The van der Waals surface area contributed by atoms with Crippen LogP contribution in [0.5, 0.6) is 0 Å². The SMILES string of the molecule is COC(=O)c1cccc2c1CCC/C2=C/C(=O)N[C@@H](Cc1ccc(NC(=O)c2c(Cl)cccc2Cl)cc1)C(=O)OC. The van der Waals surface area contributed by atoms with Gasteiger partial charge in [0.25, 0.3) is 5.91 Å². The van der Waals surface area contributed by atoms with Crippen molar-refractivity contribution in [1.82, 2.24) is 5.32 Å². The fourth-order valence-electron chi connectivity index (χ4n) is 4.77. The van der Waals surface area contributed by atoms with Crippen LogP contribution in [0.2, 0.25) is 10.0 Å². The summed E-state index contributed by atoms with van der Waals surface area (Å²) in [4.78, 5) is 50.4. The molecule has 0 fully saturated rings. The van der Waals surface area contributed by atoms with Crippen LogP contribution in [0.25, 0.3) is 5.57 Å². The molecule has 1 aliphatic carbocycles. The molecule has 0 aliphatic heterocycles. The van der Waals surface area contributed by atoms with Crippen LogP contribution in [0.4, 0.5) is 5.69 Å². The smallest absolute Gasteiger partial charge is 0.338 e. The number of halogens is 2. The quantitative estimate of drug-likeness (QED) is 0.257. The van der Waals surface area contributed by atoms with Crippen LogP contribution >= 0.6 is 23.2 Å². The number of carbonyl (C=O) groups excluding carboxylic acids is 4. The molecular formula is C31H28Cl2N2O6. The molecule has 41 heavy (non-hydrogen) atoms. The van der Waals surface area contributed by atoms with E-state index < -0.39 is 29.8 Å². The maximum atomic E-state index is 13.0. The molecule has 0 aromatic heterocycles. The van der Waals surface area contributed by atoms with Crippen LogP contribution in [-0.2, 0) is 31.9 Å². The highest BCUT2D eigenvalue weighted by Gasteiger charge is 2.24. The molecule has 8 nitrogen and oxygen atoms in total. The zero-order valence-corrected chi connectivity index (χ0v) is 24.0. The van der Waals surface area contributed by atoms with Gasteiger partial charge in [0.15, 0.2) is 0 Å². The summed E-state index contributed by atoms with van der Waals surface area (Å²) in [7, 11) is 2.59. The number of methoxy groups -OCH3 is 2. The third-order valence-corrected chi connectivity index (χ3v) is 7.38. The second-order valence-electron chi connectivity index (χ2n) is 9.38. The molecule has 1 aliphatic rings. The van der Waals surface area contributed by atoms with Crippen molar-refractivity contribution >= 4 is 58.2 Å². The Kier molecular flexibility index (Phi) is 9.81. The Morgan fingerprint density at radius 1 is 0.902 bits per heavy atom. The largest absolute Gasteiger partial charge is 0.467 e. The predicted molar refractivity (Wildman–Crippen MR) is 157 cm³/mol. The van der Waals surface area contributed by atoms with Crippen molar-refractivity contribution in [2.24, 2.45) is 0 Å². The van der Waals surface area contributed by atoms with E-state index in [-0.39, 0.29) is 22.0 Å². The molecule has 0 spiro atoms. The summed E-state index contributed by atoms with van der Waals surface area (Å²) < 4.78 is 9.83. The highest BCUT2D eigenvalue weighted by molar-refractivity contribution is 6.40. The summed E-state index contributed by atoms with van der Waals surface area (Å²) in [6.07, 6.45) is 3.75. The number of allylic oxidation sites excluding steroid dienone is 1. The molecule has 2 N–H and O–H groups in total. The molecule has 0 unspecified atom stereocenters. The van der Waals surface area contributed by atoms with Gasteiger partial charge in [-0.3, -0.25) is 9.59 Å². The average molecular weight is 595 g/mol. The minimum absolute atomic E-state index is 0.162. The highest BCUT2D eigenvalue weighted by Crippen LogP contribution is 2.33. The molecule has 2 amide bonds.